The molecular weight excluding hydrogens is 274 g/mol. The van der Waals surface area contributed by atoms with Gasteiger partial charge in [0, 0.05) is 0 Å². The van der Waals surface area contributed by atoms with Crippen molar-refractivity contribution in [1.29, 1.82) is 0 Å². The normalized spacial score (nSPS) is 12.9. The lowest BCUT2D eigenvalue weighted by Crippen LogP contribution is -2.19. The molecule has 0 aliphatic rings. The Bertz CT molecular complexity index is 721. The molecule has 2 aromatic carbocycles. The minimum atomic E-state index is -0.104. The van der Waals surface area contributed by atoms with Crippen LogP contribution in [-0.2, 0) is 11.2 Å². The second-order valence-corrected chi connectivity index (χ2v) is 5.69. The summed E-state index contributed by atoms with van der Waals surface area (Å²) in [7, 11) is 0. The number of hydrogen-bond acceptors (Lipinski definition) is 3. The molecule has 0 N–H and O–H groups in total. The maximum atomic E-state index is 6.08. The molecule has 3 aromatic rings. The molecule has 1 unspecified atom stereocenters. The summed E-state index contributed by atoms with van der Waals surface area (Å²) in [6.07, 6.45) is 1.86. The predicted molar refractivity (Wildman–Crippen MR) is 87.5 cm³/mol. The van der Waals surface area contributed by atoms with Crippen LogP contribution in [0.3, 0.4) is 0 Å². The van der Waals surface area contributed by atoms with Crippen LogP contribution in [0.15, 0.2) is 54.6 Å². The Labute approximate surface area is 130 Å². The zero-order valence-corrected chi connectivity index (χ0v) is 13.0. The molecule has 3 rings (SSSR count). The topological polar surface area (TPSA) is 39.9 Å². The quantitative estimate of drug-likeness (QED) is 0.690. The highest BCUT2D eigenvalue weighted by Gasteiger charge is 2.17. The molecule has 0 aliphatic heterocycles. The van der Waals surface area contributed by atoms with Crippen molar-refractivity contribution in [2.75, 3.05) is 0 Å². The van der Waals surface area contributed by atoms with Crippen LogP contribution in [0.2, 0.25) is 0 Å². The van der Waals surface area contributed by atoms with Gasteiger partial charge < -0.3 is 4.74 Å². The highest BCUT2D eigenvalue weighted by Crippen LogP contribution is 2.22. The highest BCUT2D eigenvalue weighted by molar-refractivity contribution is 5.73. The minimum absolute atomic E-state index is 0.104. The fraction of sp³-hybridized carbons (Fsp3) is 0.333. The van der Waals surface area contributed by atoms with Crippen molar-refractivity contribution >= 4 is 11.0 Å². The van der Waals surface area contributed by atoms with E-state index in [2.05, 4.69) is 48.4 Å². The number of ether oxygens (including phenoxy) is 1. The molecule has 0 saturated heterocycles. The van der Waals surface area contributed by atoms with Crippen molar-refractivity contribution < 1.29 is 4.74 Å². The van der Waals surface area contributed by atoms with Gasteiger partial charge in [0.05, 0.1) is 11.6 Å². The summed E-state index contributed by atoms with van der Waals surface area (Å²) in [6.45, 7) is 4.10. The number of aromatic nitrogens is 3. The fourth-order valence-corrected chi connectivity index (χ4v) is 2.60. The fourth-order valence-electron chi connectivity index (χ4n) is 2.60. The van der Waals surface area contributed by atoms with E-state index in [0.717, 1.165) is 23.9 Å². The first kappa shape index (κ1) is 14.7. The van der Waals surface area contributed by atoms with Crippen molar-refractivity contribution in [2.24, 2.45) is 0 Å². The third-order valence-corrected chi connectivity index (χ3v) is 3.60. The van der Waals surface area contributed by atoms with E-state index in [1.807, 2.05) is 35.0 Å². The molecule has 22 heavy (non-hydrogen) atoms. The van der Waals surface area contributed by atoms with Gasteiger partial charge in [0.15, 0.2) is 6.23 Å². The highest BCUT2D eigenvalue weighted by atomic mass is 16.5. The lowest BCUT2D eigenvalue weighted by atomic mass is 10.1. The summed E-state index contributed by atoms with van der Waals surface area (Å²) in [6, 6.07) is 18.5. The van der Waals surface area contributed by atoms with Crippen LogP contribution in [0.1, 0.15) is 32.1 Å². The Morgan fingerprint density at radius 2 is 1.73 bits per heavy atom. The minimum Gasteiger partial charge on any atom is -0.354 e. The van der Waals surface area contributed by atoms with Gasteiger partial charge in [-0.25, -0.2) is 4.68 Å². The number of hydrogen-bond donors (Lipinski definition) is 0. The van der Waals surface area contributed by atoms with Crippen LogP contribution in [0.25, 0.3) is 11.0 Å². The molecule has 0 radical (unpaired) electrons. The first-order valence-electron chi connectivity index (χ1n) is 7.73. The summed E-state index contributed by atoms with van der Waals surface area (Å²) in [5.41, 5.74) is 3.23. The zero-order chi connectivity index (χ0) is 15.4. The largest absolute Gasteiger partial charge is 0.354 e. The Morgan fingerprint density at radius 1 is 1.00 bits per heavy atom. The van der Waals surface area contributed by atoms with Crippen LogP contribution in [0, 0.1) is 0 Å². The third kappa shape index (κ3) is 3.34. The van der Waals surface area contributed by atoms with E-state index >= 15 is 0 Å². The lowest BCUT2D eigenvalue weighted by molar-refractivity contribution is -0.0471. The second-order valence-electron chi connectivity index (χ2n) is 5.69. The van der Waals surface area contributed by atoms with E-state index in [9.17, 15) is 0 Å². The molecular formula is C18H21N3O. The smallest absolute Gasteiger partial charge is 0.153 e. The van der Waals surface area contributed by atoms with Gasteiger partial charge in [-0.2, -0.15) is 0 Å². The number of aryl methyl sites for hydroxylation is 1. The lowest BCUT2D eigenvalue weighted by Gasteiger charge is -2.21. The Balaban J connectivity index is 1.83. The van der Waals surface area contributed by atoms with Crippen LogP contribution in [0.4, 0.5) is 0 Å². The molecule has 0 fully saturated rings. The van der Waals surface area contributed by atoms with Gasteiger partial charge in [-0.1, -0.05) is 47.7 Å². The Morgan fingerprint density at radius 3 is 2.50 bits per heavy atom. The van der Waals surface area contributed by atoms with Gasteiger partial charge in [-0.3, -0.25) is 0 Å². The molecule has 1 heterocycles. The van der Waals surface area contributed by atoms with Crippen LogP contribution < -0.4 is 0 Å². The van der Waals surface area contributed by atoms with Crippen molar-refractivity contribution in [3.05, 3.63) is 60.2 Å². The maximum absolute atomic E-state index is 6.08. The Hall–Kier alpha value is -2.20. The first-order valence-corrected chi connectivity index (χ1v) is 7.73. The van der Waals surface area contributed by atoms with E-state index < -0.39 is 0 Å². The van der Waals surface area contributed by atoms with Crippen LogP contribution >= 0.6 is 0 Å². The number of benzene rings is 2. The van der Waals surface area contributed by atoms with Gasteiger partial charge in [0.25, 0.3) is 0 Å². The summed E-state index contributed by atoms with van der Waals surface area (Å²) in [5, 5.41) is 8.54. The van der Waals surface area contributed by atoms with E-state index in [1.54, 1.807) is 0 Å². The van der Waals surface area contributed by atoms with Gasteiger partial charge in [-0.15, -0.1) is 5.10 Å². The van der Waals surface area contributed by atoms with Gasteiger partial charge >= 0.3 is 0 Å². The number of para-hydroxylation sites is 1. The summed E-state index contributed by atoms with van der Waals surface area (Å²) < 4.78 is 7.99. The average Bonchev–Trinajstić information content (AvgIpc) is 2.96. The first-order chi connectivity index (χ1) is 10.7. The van der Waals surface area contributed by atoms with E-state index in [-0.39, 0.29) is 12.3 Å². The second kappa shape index (κ2) is 6.71. The van der Waals surface area contributed by atoms with Crippen molar-refractivity contribution in [3.63, 3.8) is 0 Å². The van der Waals surface area contributed by atoms with E-state index in [4.69, 9.17) is 4.74 Å². The van der Waals surface area contributed by atoms with Crippen LogP contribution in [-0.4, -0.2) is 21.1 Å². The molecule has 1 aromatic heterocycles. The zero-order valence-electron chi connectivity index (χ0n) is 13.0. The molecule has 0 amide bonds. The van der Waals surface area contributed by atoms with Crippen molar-refractivity contribution in [3.8, 4) is 0 Å². The van der Waals surface area contributed by atoms with Gasteiger partial charge in [0.2, 0.25) is 0 Å². The summed E-state index contributed by atoms with van der Waals surface area (Å²) >= 11 is 0. The van der Waals surface area contributed by atoms with Gasteiger partial charge in [0.1, 0.15) is 5.52 Å². The maximum Gasteiger partial charge on any atom is 0.153 e. The van der Waals surface area contributed by atoms with E-state index in [0.29, 0.717) is 0 Å². The molecule has 0 bridgehead atoms. The van der Waals surface area contributed by atoms with Crippen molar-refractivity contribution in [1.82, 2.24) is 15.0 Å². The molecule has 1 atom stereocenters. The predicted octanol–water partition coefficient (Wildman–Crippen LogP) is 3.99. The van der Waals surface area contributed by atoms with E-state index in [1.165, 1.54) is 5.56 Å². The molecule has 114 valence electrons. The molecule has 4 heteroatoms. The number of rotatable bonds is 6. The van der Waals surface area contributed by atoms with Crippen LogP contribution in [0.5, 0.6) is 0 Å². The molecule has 0 spiro atoms. The standard InChI is InChI=1S/C18H21N3O/c1-14(2)22-18(13-12-15-8-4-3-5-9-15)21-17-11-7-6-10-16(17)19-20-21/h3-11,14,18H,12-13H2,1-2H3. The number of nitrogens with zero attached hydrogens (tertiary/aromatic N) is 3. The molecule has 0 saturated carbocycles. The molecule has 4 nitrogen and oxygen atoms in total. The van der Waals surface area contributed by atoms with Crippen molar-refractivity contribution in [2.45, 2.75) is 39.0 Å². The Kier molecular flexibility index (Phi) is 4.49. The summed E-state index contributed by atoms with van der Waals surface area (Å²) in [4.78, 5) is 0. The average molecular weight is 295 g/mol. The SMILES string of the molecule is CC(C)OC(CCc1ccccc1)n1nnc2ccccc21. The molecule has 0 aliphatic carbocycles. The summed E-state index contributed by atoms with van der Waals surface area (Å²) in [5.74, 6) is 0. The van der Waals surface area contributed by atoms with Gasteiger partial charge in [-0.05, 0) is 44.4 Å². The monoisotopic (exact) mass is 295 g/mol. The third-order valence-electron chi connectivity index (χ3n) is 3.60. The number of fused-ring (bicyclic) bond motifs is 1.